The lowest BCUT2D eigenvalue weighted by Gasteiger charge is -2.36. The number of amides is 1. The molecule has 1 amide bonds. The van der Waals surface area contributed by atoms with Crippen LogP contribution >= 0.6 is 15.9 Å². The zero-order chi connectivity index (χ0) is 20.8. The fraction of sp³-hybridized carbons (Fsp3) is 0.381. The van der Waals surface area contributed by atoms with Crippen molar-refractivity contribution < 1.29 is 22.1 Å². The summed E-state index contributed by atoms with van der Waals surface area (Å²) in [6.07, 6.45) is 2.30. The van der Waals surface area contributed by atoms with Gasteiger partial charge in [-0.05, 0) is 48.2 Å². The molecule has 1 aliphatic heterocycles. The summed E-state index contributed by atoms with van der Waals surface area (Å²) in [5.41, 5.74) is 1.97. The highest BCUT2D eigenvalue weighted by molar-refractivity contribution is 9.10. The standard InChI is InChI=1S/C21H22BrNO5S/c1-27-16-5-3-4-14(10-16)13-23-20(24)18-11-15(22)6-7-19(18)21(23)9-8-17(12-21)28-29(2,25)26/h3-7,10-11,17H,8-9,12-13H2,1-2H3. The molecule has 6 nitrogen and oxygen atoms in total. The van der Waals surface area contributed by atoms with Gasteiger partial charge in [-0.1, -0.05) is 34.1 Å². The van der Waals surface area contributed by atoms with Crippen LogP contribution in [-0.2, 0) is 26.4 Å². The van der Waals surface area contributed by atoms with Crippen molar-refractivity contribution in [2.45, 2.75) is 37.5 Å². The van der Waals surface area contributed by atoms with Crippen LogP contribution < -0.4 is 4.74 Å². The van der Waals surface area contributed by atoms with E-state index in [4.69, 9.17) is 8.92 Å². The van der Waals surface area contributed by atoms with Crippen molar-refractivity contribution in [2.24, 2.45) is 0 Å². The van der Waals surface area contributed by atoms with Crippen molar-refractivity contribution in [3.63, 3.8) is 0 Å². The second-order valence-corrected chi connectivity index (χ2v) is 10.1. The predicted octanol–water partition coefficient (Wildman–Crippen LogP) is 3.84. The van der Waals surface area contributed by atoms with E-state index >= 15 is 0 Å². The Balaban J connectivity index is 1.74. The van der Waals surface area contributed by atoms with Crippen LogP contribution in [0.2, 0.25) is 0 Å². The molecule has 2 unspecified atom stereocenters. The van der Waals surface area contributed by atoms with E-state index in [9.17, 15) is 13.2 Å². The summed E-state index contributed by atoms with van der Waals surface area (Å²) >= 11 is 3.46. The van der Waals surface area contributed by atoms with Crippen molar-refractivity contribution in [2.75, 3.05) is 13.4 Å². The molecule has 1 saturated carbocycles. The maximum absolute atomic E-state index is 13.4. The van der Waals surface area contributed by atoms with Crippen LogP contribution in [0, 0.1) is 0 Å². The Morgan fingerprint density at radius 1 is 1.24 bits per heavy atom. The van der Waals surface area contributed by atoms with Gasteiger partial charge < -0.3 is 9.64 Å². The van der Waals surface area contributed by atoms with Crippen LogP contribution in [0.5, 0.6) is 5.75 Å². The molecule has 4 rings (SSSR count). The molecular formula is C21H22BrNO5S. The number of carbonyl (C=O) groups is 1. The Kier molecular flexibility index (Phi) is 5.21. The topological polar surface area (TPSA) is 72.9 Å². The highest BCUT2D eigenvalue weighted by Crippen LogP contribution is 2.52. The number of ether oxygens (including phenoxy) is 1. The summed E-state index contributed by atoms with van der Waals surface area (Å²) < 4.78 is 34.8. The second kappa shape index (κ2) is 7.41. The van der Waals surface area contributed by atoms with E-state index in [1.807, 2.05) is 47.4 Å². The van der Waals surface area contributed by atoms with Gasteiger partial charge in [-0.25, -0.2) is 0 Å². The fourth-order valence-corrected chi connectivity index (χ4v) is 5.58. The third kappa shape index (κ3) is 3.81. The van der Waals surface area contributed by atoms with Gasteiger partial charge in [0, 0.05) is 23.0 Å². The Labute approximate surface area is 179 Å². The zero-order valence-corrected chi connectivity index (χ0v) is 18.6. The smallest absolute Gasteiger partial charge is 0.264 e. The van der Waals surface area contributed by atoms with Crippen molar-refractivity contribution in [3.8, 4) is 5.75 Å². The minimum Gasteiger partial charge on any atom is -0.497 e. The van der Waals surface area contributed by atoms with Crippen molar-refractivity contribution >= 4 is 32.0 Å². The van der Waals surface area contributed by atoms with Crippen molar-refractivity contribution in [3.05, 3.63) is 63.6 Å². The SMILES string of the molecule is COc1cccc(CN2C(=O)c3cc(Br)ccc3C23CCC(OS(C)(=O)=O)C3)c1. The van der Waals surface area contributed by atoms with E-state index in [0.717, 1.165) is 27.6 Å². The normalized spacial score (nSPS) is 23.6. The third-order valence-corrected chi connectivity index (χ3v) is 6.82. The second-order valence-electron chi connectivity index (χ2n) is 7.63. The van der Waals surface area contributed by atoms with Crippen LogP contribution in [0.15, 0.2) is 46.9 Å². The molecule has 2 atom stereocenters. The summed E-state index contributed by atoms with van der Waals surface area (Å²) in [6.45, 7) is 0.411. The number of halogens is 1. The van der Waals surface area contributed by atoms with E-state index in [1.54, 1.807) is 7.11 Å². The molecule has 1 fully saturated rings. The van der Waals surface area contributed by atoms with Gasteiger partial charge in [0.05, 0.1) is 25.0 Å². The zero-order valence-electron chi connectivity index (χ0n) is 16.2. The van der Waals surface area contributed by atoms with Crippen LogP contribution in [-0.4, -0.2) is 38.7 Å². The lowest BCUT2D eigenvalue weighted by atomic mass is 9.87. The average Bonchev–Trinajstić information content (AvgIpc) is 3.16. The molecule has 8 heteroatoms. The molecule has 0 aromatic heterocycles. The average molecular weight is 480 g/mol. The molecule has 0 bridgehead atoms. The minimum absolute atomic E-state index is 0.0517. The quantitative estimate of drug-likeness (QED) is 0.609. The number of rotatable bonds is 5. The van der Waals surface area contributed by atoms with Crippen molar-refractivity contribution in [1.29, 1.82) is 0 Å². The highest BCUT2D eigenvalue weighted by Gasteiger charge is 2.54. The maximum Gasteiger partial charge on any atom is 0.264 e. The maximum atomic E-state index is 13.4. The lowest BCUT2D eigenvalue weighted by Crippen LogP contribution is -2.42. The number of carbonyl (C=O) groups excluding carboxylic acids is 1. The number of methoxy groups -OCH3 is 1. The van der Waals surface area contributed by atoms with Gasteiger partial charge in [0.2, 0.25) is 0 Å². The van der Waals surface area contributed by atoms with Crippen LogP contribution in [0.3, 0.4) is 0 Å². The first-order valence-corrected chi connectivity index (χ1v) is 12.0. The molecule has 2 aromatic rings. The molecule has 0 N–H and O–H groups in total. The number of benzene rings is 2. The molecule has 1 spiro atoms. The molecule has 154 valence electrons. The number of hydrogen-bond acceptors (Lipinski definition) is 5. The summed E-state index contributed by atoms with van der Waals surface area (Å²) in [6, 6.07) is 13.4. The molecule has 1 heterocycles. The van der Waals surface area contributed by atoms with E-state index < -0.39 is 21.8 Å². The summed E-state index contributed by atoms with van der Waals surface area (Å²) in [7, 11) is -1.95. The number of fused-ring (bicyclic) bond motifs is 2. The van der Waals surface area contributed by atoms with Gasteiger partial charge >= 0.3 is 0 Å². The van der Waals surface area contributed by atoms with Gasteiger partial charge in [0.25, 0.3) is 16.0 Å². The molecule has 2 aliphatic rings. The van der Waals surface area contributed by atoms with Gasteiger partial charge in [-0.3, -0.25) is 8.98 Å². The molecule has 2 aromatic carbocycles. The first-order chi connectivity index (χ1) is 13.7. The third-order valence-electron chi connectivity index (χ3n) is 5.71. The highest BCUT2D eigenvalue weighted by atomic mass is 79.9. The molecule has 0 radical (unpaired) electrons. The monoisotopic (exact) mass is 479 g/mol. The first kappa shape index (κ1) is 20.4. The largest absolute Gasteiger partial charge is 0.497 e. The van der Waals surface area contributed by atoms with Crippen LogP contribution in [0.4, 0.5) is 0 Å². The molecule has 0 saturated heterocycles. The molecular weight excluding hydrogens is 458 g/mol. The number of hydrogen-bond donors (Lipinski definition) is 0. The lowest BCUT2D eigenvalue weighted by molar-refractivity contribution is 0.0499. The van der Waals surface area contributed by atoms with Gasteiger partial charge in [-0.15, -0.1) is 0 Å². The summed E-state index contributed by atoms with van der Waals surface area (Å²) in [5.74, 6) is 0.678. The van der Waals surface area contributed by atoms with Crippen LogP contribution in [0.1, 0.15) is 40.7 Å². The van der Waals surface area contributed by atoms with Gasteiger partial charge in [-0.2, -0.15) is 8.42 Å². The van der Waals surface area contributed by atoms with Crippen LogP contribution in [0.25, 0.3) is 0 Å². The Morgan fingerprint density at radius 2 is 2.03 bits per heavy atom. The Bertz CT molecular complexity index is 1070. The van der Waals surface area contributed by atoms with Crippen molar-refractivity contribution in [1.82, 2.24) is 4.90 Å². The van der Waals surface area contributed by atoms with Gasteiger partial charge in [0.1, 0.15) is 5.75 Å². The van der Waals surface area contributed by atoms with E-state index in [2.05, 4.69) is 15.9 Å². The number of nitrogens with zero attached hydrogens (tertiary/aromatic N) is 1. The van der Waals surface area contributed by atoms with E-state index in [0.29, 0.717) is 31.4 Å². The van der Waals surface area contributed by atoms with E-state index in [-0.39, 0.29) is 5.91 Å². The predicted molar refractivity (Wildman–Crippen MR) is 112 cm³/mol. The van der Waals surface area contributed by atoms with Gasteiger partial charge in [0.15, 0.2) is 0 Å². The molecule has 29 heavy (non-hydrogen) atoms. The molecule has 1 aliphatic carbocycles. The Morgan fingerprint density at radius 3 is 2.76 bits per heavy atom. The summed E-state index contributed by atoms with van der Waals surface area (Å²) in [5, 5.41) is 0. The minimum atomic E-state index is -3.56. The fourth-order valence-electron chi connectivity index (χ4n) is 4.56. The summed E-state index contributed by atoms with van der Waals surface area (Å²) in [4.78, 5) is 15.2. The first-order valence-electron chi connectivity index (χ1n) is 9.35. The van der Waals surface area contributed by atoms with E-state index in [1.165, 1.54) is 0 Å². The Hall–Kier alpha value is -1.90.